The maximum Gasteiger partial charge on any atom is 0.410 e. The van der Waals surface area contributed by atoms with E-state index in [1.165, 1.54) is 0 Å². The fourth-order valence-corrected chi connectivity index (χ4v) is 4.28. The SMILES string of the molecule is CC(C)(C)OC(=O)N1CCC(c2cc(=O)[nH]c3c(-c4nc(-c5cccc(Cl)n5)no4)cnn23)CC1. The van der Waals surface area contributed by atoms with E-state index in [9.17, 15) is 9.59 Å². The van der Waals surface area contributed by atoms with Crippen molar-refractivity contribution in [3.8, 4) is 23.0 Å². The van der Waals surface area contributed by atoms with Crippen LogP contribution in [0.15, 0.2) is 39.8 Å². The van der Waals surface area contributed by atoms with Gasteiger partial charge in [0.15, 0.2) is 0 Å². The standard InChI is InChI=1S/C23H24ClN7O4/c1-23(2,3)34-22(33)30-9-7-13(8-10-30)16-11-18(32)27-20-14(12-25-31(16)20)21-28-19(29-35-21)15-5-4-6-17(24)26-15/h4-6,11-13H,7-10H2,1-3H3,(H,27,32). The van der Waals surface area contributed by atoms with E-state index in [1.54, 1.807) is 39.9 Å². The molecule has 1 aliphatic heterocycles. The van der Waals surface area contributed by atoms with Crippen LogP contribution in [0, 0.1) is 0 Å². The number of fused-ring (bicyclic) bond motifs is 1. The van der Waals surface area contributed by atoms with E-state index >= 15 is 0 Å². The number of amides is 1. The van der Waals surface area contributed by atoms with Crippen molar-refractivity contribution >= 4 is 23.3 Å². The summed E-state index contributed by atoms with van der Waals surface area (Å²) in [7, 11) is 0. The summed E-state index contributed by atoms with van der Waals surface area (Å²) in [6.45, 7) is 6.59. The Labute approximate surface area is 205 Å². The van der Waals surface area contributed by atoms with Gasteiger partial charge in [-0.3, -0.25) is 4.79 Å². The highest BCUT2D eigenvalue weighted by Gasteiger charge is 2.29. The van der Waals surface area contributed by atoms with Gasteiger partial charge in [0.2, 0.25) is 5.82 Å². The number of likely N-dealkylation sites (tertiary alicyclic amines) is 1. The third-order valence-electron chi connectivity index (χ3n) is 5.70. The molecule has 4 aromatic rings. The summed E-state index contributed by atoms with van der Waals surface area (Å²) in [6, 6.07) is 6.67. The molecule has 1 aliphatic rings. The molecule has 1 N–H and O–H groups in total. The number of carbonyl (C=O) groups is 1. The average molecular weight is 498 g/mol. The van der Waals surface area contributed by atoms with Crippen LogP contribution < -0.4 is 5.56 Å². The minimum absolute atomic E-state index is 0.0418. The molecule has 12 heteroatoms. The minimum atomic E-state index is -0.546. The van der Waals surface area contributed by atoms with E-state index in [1.807, 2.05) is 20.8 Å². The van der Waals surface area contributed by atoms with E-state index in [4.69, 9.17) is 20.9 Å². The summed E-state index contributed by atoms with van der Waals surface area (Å²) in [4.78, 5) is 38.1. The summed E-state index contributed by atoms with van der Waals surface area (Å²) >= 11 is 5.96. The second-order valence-electron chi connectivity index (χ2n) is 9.39. The number of rotatable bonds is 3. The first kappa shape index (κ1) is 23.0. The maximum atomic E-state index is 12.5. The molecular formula is C23H24ClN7O4. The first-order valence-electron chi connectivity index (χ1n) is 11.2. The van der Waals surface area contributed by atoms with Gasteiger partial charge in [0, 0.05) is 25.1 Å². The van der Waals surface area contributed by atoms with E-state index < -0.39 is 5.60 Å². The van der Waals surface area contributed by atoms with E-state index in [-0.39, 0.29) is 29.3 Å². The summed E-state index contributed by atoms with van der Waals surface area (Å²) in [5.41, 5.74) is 1.37. The first-order chi connectivity index (χ1) is 16.7. The molecule has 0 unspecified atom stereocenters. The average Bonchev–Trinajstić information content (AvgIpc) is 3.45. The number of ether oxygens (including phenoxy) is 1. The maximum absolute atomic E-state index is 12.5. The highest BCUT2D eigenvalue weighted by atomic mass is 35.5. The number of aromatic nitrogens is 6. The lowest BCUT2D eigenvalue weighted by atomic mass is 9.93. The molecule has 35 heavy (non-hydrogen) atoms. The fourth-order valence-electron chi connectivity index (χ4n) is 4.11. The summed E-state index contributed by atoms with van der Waals surface area (Å²) < 4.78 is 12.6. The van der Waals surface area contributed by atoms with Crippen LogP contribution in [-0.4, -0.2) is 59.4 Å². The molecule has 0 spiro atoms. The third kappa shape index (κ3) is 4.76. The van der Waals surface area contributed by atoms with Crippen molar-refractivity contribution in [2.45, 2.75) is 45.1 Å². The molecule has 0 atom stereocenters. The fraction of sp³-hybridized carbons (Fsp3) is 0.391. The number of aromatic amines is 1. The van der Waals surface area contributed by atoms with Crippen LogP contribution >= 0.6 is 11.6 Å². The predicted molar refractivity (Wildman–Crippen MR) is 127 cm³/mol. The Balaban J connectivity index is 1.41. The summed E-state index contributed by atoms with van der Waals surface area (Å²) in [5, 5.41) is 8.79. The molecule has 0 saturated carbocycles. The lowest BCUT2D eigenvalue weighted by Gasteiger charge is -2.33. The molecule has 0 bridgehead atoms. The molecule has 5 rings (SSSR count). The van der Waals surface area contributed by atoms with Gasteiger partial charge in [0.1, 0.15) is 27.7 Å². The molecule has 4 aromatic heterocycles. The van der Waals surface area contributed by atoms with Crippen molar-refractivity contribution in [2.75, 3.05) is 13.1 Å². The van der Waals surface area contributed by atoms with Gasteiger partial charge < -0.3 is 19.1 Å². The number of hydrogen-bond donors (Lipinski definition) is 1. The highest BCUT2D eigenvalue weighted by molar-refractivity contribution is 6.29. The van der Waals surface area contributed by atoms with Crippen molar-refractivity contribution in [3.05, 3.63) is 51.7 Å². The van der Waals surface area contributed by atoms with Crippen LogP contribution in [0.1, 0.15) is 45.2 Å². The van der Waals surface area contributed by atoms with Gasteiger partial charge in [0.05, 0.1) is 11.9 Å². The molecule has 5 heterocycles. The minimum Gasteiger partial charge on any atom is -0.444 e. The van der Waals surface area contributed by atoms with Crippen molar-refractivity contribution in [3.63, 3.8) is 0 Å². The zero-order chi connectivity index (χ0) is 24.7. The number of nitrogens with one attached hydrogen (secondary N) is 1. The topological polar surface area (TPSA) is 132 Å². The number of nitrogens with zero attached hydrogens (tertiary/aromatic N) is 6. The van der Waals surface area contributed by atoms with Crippen molar-refractivity contribution in [2.24, 2.45) is 0 Å². The van der Waals surface area contributed by atoms with Crippen LogP contribution in [0.3, 0.4) is 0 Å². The van der Waals surface area contributed by atoms with E-state index in [0.29, 0.717) is 48.0 Å². The lowest BCUT2D eigenvalue weighted by molar-refractivity contribution is 0.0203. The van der Waals surface area contributed by atoms with Gasteiger partial charge in [-0.05, 0) is 45.7 Å². The van der Waals surface area contributed by atoms with Gasteiger partial charge in [-0.15, -0.1) is 0 Å². The number of pyridine rings is 1. The Morgan fingerprint density at radius 3 is 2.71 bits per heavy atom. The van der Waals surface area contributed by atoms with Crippen LogP contribution in [0.2, 0.25) is 5.15 Å². The number of carbonyl (C=O) groups excluding carboxylic acids is 1. The highest BCUT2D eigenvalue weighted by Crippen LogP contribution is 2.31. The quantitative estimate of drug-likeness (QED) is 0.421. The number of H-pyrrole nitrogens is 1. The Bertz CT molecular complexity index is 1440. The first-order valence-corrected chi connectivity index (χ1v) is 11.6. The zero-order valence-corrected chi connectivity index (χ0v) is 20.2. The smallest absolute Gasteiger partial charge is 0.410 e. The van der Waals surface area contributed by atoms with Crippen LogP contribution in [-0.2, 0) is 4.74 Å². The molecule has 1 amide bonds. The van der Waals surface area contributed by atoms with Crippen LogP contribution in [0.5, 0.6) is 0 Å². The van der Waals surface area contributed by atoms with Crippen LogP contribution in [0.4, 0.5) is 4.79 Å². The monoisotopic (exact) mass is 497 g/mol. The van der Waals surface area contributed by atoms with Crippen molar-refractivity contribution in [1.29, 1.82) is 0 Å². The number of halogens is 1. The van der Waals surface area contributed by atoms with Crippen LogP contribution in [0.25, 0.3) is 28.6 Å². The summed E-state index contributed by atoms with van der Waals surface area (Å²) in [6.07, 6.45) is 2.61. The van der Waals surface area contributed by atoms with Gasteiger partial charge in [-0.1, -0.05) is 22.8 Å². The zero-order valence-electron chi connectivity index (χ0n) is 19.5. The molecule has 0 aromatic carbocycles. The third-order valence-corrected chi connectivity index (χ3v) is 5.91. The number of hydrogen-bond acceptors (Lipinski definition) is 8. The molecular weight excluding hydrogens is 474 g/mol. The molecule has 0 aliphatic carbocycles. The largest absolute Gasteiger partial charge is 0.444 e. The molecule has 1 saturated heterocycles. The molecule has 0 radical (unpaired) electrons. The normalized spacial score (nSPS) is 15.0. The second kappa shape index (κ2) is 8.81. The number of piperidine rings is 1. The van der Waals surface area contributed by atoms with Gasteiger partial charge in [-0.25, -0.2) is 14.3 Å². The Hall–Kier alpha value is -3.73. The van der Waals surface area contributed by atoms with Crippen molar-refractivity contribution in [1.82, 2.24) is 34.6 Å². The second-order valence-corrected chi connectivity index (χ2v) is 9.77. The Morgan fingerprint density at radius 1 is 1.23 bits per heavy atom. The summed E-state index contributed by atoms with van der Waals surface area (Å²) in [5.74, 6) is 0.513. The Morgan fingerprint density at radius 2 is 2.00 bits per heavy atom. The van der Waals surface area contributed by atoms with E-state index in [2.05, 4.69) is 25.2 Å². The predicted octanol–water partition coefficient (Wildman–Crippen LogP) is 3.90. The molecule has 182 valence electrons. The molecule has 1 fully saturated rings. The Kier molecular flexibility index (Phi) is 5.79. The molecule has 11 nitrogen and oxygen atoms in total. The van der Waals surface area contributed by atoms with Gasteiger partial charge in [-0.2, -0.15) is 10.1 Å². The van der Waals surface area contributed by atoms with E-state index in [0.717, 1.165) is 5.69 Å². The van der Waals surface area contributed by atoms with Gasteiger partial charge >= 0.3 is 6.09 Å². The lowest BCUT2D eigenvalue weighted by Crippen LogP contribution is -2.41. The van der Waals surface area contributed by atoms with Crippen molar-refractivity contribution < 1.29 is 14.1 Å². The van der Waals surface area contributed by atoms with Gasteiger partial charge in [0.25, 0.3) is 11.4 Å².